The van der Waals surface area contributed by atoms with E-state index in [1.165, 1.54) is 6.07 Å². The Hall–Kier alpha value is -0.930. The maximum Gasteiger partial charge on any atom is 0.191 e. The van der Waals surface area contributed by atoms with Crippen molar-refractivity contribution in [1.82, 2.24) is 10.6 Å². The summed E-state index contributed by atoms with van der Waals surface area (Å²) in [7, 11) is 0. The molecule has 25 heavy (non-hydrogen) atoms. The summed E-state index contributed by atoms with van der Waals surface area (Å²) in [6, 6.07) is 6.67. The van der Waals surface area contributed by atoms with Crippen LogP contribution >= 0.6 is 24.0 Å². The first kappa shape index (κ1) is 24.1. The van der Waals surface area contributed by atoms with Crippen LogP contribution in [0.1, 0.15) is 32.3 Å². The standard InChI is InChI=1S/C18H30FN3O2.HI/c1-3-5-11-23-13-14-24-12-10-21-18(20-4-2)22-15-16-8-6-7-9-17(16)19;/h6-9H,3-5,10-15H2,1-2H3,(H2,20,21,22);1H. The normalized spacial score (nSPS) is 11.1. The Bertz CT molecular complexity index is 475. The van der Waals surface area contributed by atoms with Crippen LogP contribution in [0.3, 0.4) is 0 Å². The minimum atomic E-state index is -0.233. The van der Waals surface area contributed by atoms with E-state index in [1.54, 1.807) is 12.1 Å². The first-order valence-electron chi connectivity index (χ1n) is 8.69. The van der Waals surface area contributed by atoms with Gasteiger partial charge in [0.25, 0.3) is 0 Å². The Labute approximate surface area is 167 Å². The Kier molecular flexibility index (Phi) is 15.9. The predicted molar refractivity (Wildman–Crippen MR) is 111 cm³/mol. The molecule has 0 saturated heterocycles. The third-order valence-corrected chi connectivity index (χ3v) is 3.26. The molecule has 0 aromatic heterocycles. The van der Waals surface area contributed by atoms with E-state index in [1.807, 2.05) is 13.0 Å². The van der Waals surface area contributed by atoms with Crippen LogP contribution in [0.15, 0.2) is 29.3 Å². The van der Waals surface area contributed by atoms with Crippen molar-refractivity contribution in [1.29, 1.82) is 0 Å². The number of benzene rings is 1. The Morgan fingerprint density at radius 3 is 2.44 bits per heavy atom. The van der Waals surface area contributed by atoms with Crippen molar-refractivity contribution >= 4 is 29.9 Å². The fourth-order valence-electron chi connectivity index (χ4n) is 1.94. The van der Waals surface area contributed by atoms with E-state index in [0.717, 1.165) is 26.0 Å². The highest BCUT2D eigenvalue weighted by Crippen LogP contribution is 2.07. The van der Waals surface area contributed by atoms with E-state index in [2.05, 4.69) is 22.5 Å². The topological polar surface area (TPSA) is 54.9 Å². The van der Waals surface area contributed by atoms with Gasteiger partial charge in [-0.1, -0.05) is 31.5 Å². The fourth-order valence-corrected chi connectivity index (χ4v) is 1.94. The highest BCUT2D eigenvalue weighted by atomic mass is 127. The first-order chi connectivity index (χ1) is 11.8. The lowest BCUT2D eigenvalue weighted by molar-refractivity contribution is 0.0487. The average molecular weight is 467 g/mol. The summed E-state index contributed by atoms with van der Waals surface area (Å²) in [4.78, 5) is 4.39. The Morgan fingerprint density at radius 1 is 1.04 bits per heavy atom. The zero-order valence-corrected chi connectivity index (χ0v) is 17.6. The van der Waals surface area contributed by atoms with Crippen molar-refractivity contribution < 1.29 is 13.9 Å². The molecule has 1 aromatic rings. The van der Waals surface area contributed by atoms with Crippen molar-refractivity contribution in [2.75, 3.05) is 39.5 Å². The molecule has 0 atom stereocenters. The van der Waals surface area contributed by atoms with Crippen LogP contribution in [0.25, 0.3) is 0 Å². The largest absolute Gasteiger partial charge is 0.379 e. The van der Waals surface area contributed by atoms with E-state index in [4.69, 9.17) is 9.47 Å². The van der Waals surface area contributed by atoms with Crippen molar-refractivity contribution in [3.63, 3.8) is 0 Å². The number of guanidine groups is 1. The van der Waals surface area contributed by atoms with Gasteiger partial charge in [-0.05, 0) is 19.4 Å². The lowest BCUT2D eigenvalue weighted by Gasteiger charge is -2.12. The minimum Gasteiger partial charge on any atom is -0.379 e. The molecular formula is C18H31FIN3O2. The van der Waals surface area contributed by atoms with E-state index in [-0.39, 0.29) is 29.8 Å². The van der Waals surface area contributed by atoms with Crippen molar-refractivity contribution in [3.05, 3.63) is 35.6 Å². The summed E-state index contributed by atoms with van der Waals surface area (Å²) < 4.78 is 24.5. The van der Waals surface area contributed by atoms with Crippen LogP contribution in [0.5, 0.6) is 0 Å². The molecule has 5 nitrogen and oxygen atoms in total. The third-order valence-electron chi connectivity index (χ3n) is 3.26. The molecule has 2 N–H and O–H groups in total. The first-order valence-corrected chi connectivity index (χ1v) is 8.69. The Morgan fingerprint density at radius 2 is 1.76 bits per heavy atom. The minimum absolute atomic E-state index is 0. The van der Waals surface area contributed by atoms with Gasteiger partial charge in [-0.25, -0.2) is 9.38 Å². The number of hydrogen-bond donors (Lipinski definition) is 2. The number of aliphatic imine (C=N–C) groups is 1. The maximum absolute atomic E-state index is 13.6. The van der Waals surface area contributed by atoms with Gasteiger partial charge in [-0.2, -0.15) is 0 Å². The van der Waals surface area contributed by atoms with E-state index in [9.17, 15) is 4.39 Å². The second kappa shape index (κ2) is 16.5. The lowest BCUT2D eigenvalue weighted by atomic mass is 10.2. The highest BCUT2D eigenvalue weighted by molar-refractivity contribution is 14.0. The summed E-state index contributed by atoms with van der Waals surface area (Å²) in [6.45, 7) is 8.40. The van der Waals surface area contributed by atoms with Gasteiger partial charge >= 0.3 is 0 Å². The van der Waals surface area contributed by atoms with E-state index >= 15 is 0 Å². The van der Waals surface area contributed by atoms with Gasteiger partial charge in [0.2, 0.25) is 0 Å². The summed E-state index contributed by atoms with van der Waals surface area (Å²) >= 11 is 0. The molecule has 0 bridgehead atoms. The molecule has 0 spiro atoms. The lowest BCUT2D eigenvalue weighted by Crippen LogP contribution is -2.39. The molecule has 0 aliphatic rings. The second-order valence-corrected chi connectivity index (χ2v) is 5.29. The fraction of sp³-hybridized carbons (Fsp3) is 0.611. The van der Waals surface area contributed by atoms with Crippen LogP contribution in [0.4, 0.5) is 4.39 Å². The molecule has 0 radical (unpaired) electrons. The van der Waals surface area contributed by atoms with Gasteiger partial charge in [0, 0.05) is 25.3 Å². The van der Waals surface area contributed by atoms with Gasteiger partial charge in [0.1, 0.15) is 5.82 Å². The zero-order valence-electron chi connectivity index (χ0n) is 15.2. The van der Waals surface area contributed by atoms with Crippen molar-refractivity contribution in [3.8, 4) is 0 Å². The number of hydrogen-bond acceptors (Lipinski definition) is 3. The van der Waals surface area contributed by atoms with Gasteiger partial charge in [-0.15, -0.1) is 24.0 Å². The van der Waals surface area contributed by atoms with E-state index in [0.29, 0.717) is 44.4 Å². The summed E-state index contributed by atoms with van der Waals surface area (Å²) in [5, 5.41) is 6.31. The molecule has 0 aliphatic heterocycles. The molecule has 0 amide bonds. The van der Waals surface area contributed by atoms with Gasteiger partial charge in [0.05, 0.1) is 26.4 Å². The average Bonchev–Trinajstić information content (AvgIpc) is 2.59. The van der Waals surface area contributed by atoms with Crippen LogP contribution in [0.2, 0.25) is 0 Å². The molecular weight excluding hydrogens is 436 g/mol. The number of halogens is 2. The molecule has 0 aliphatic carbocycles. The smallest absolute Gasteiger partial charge is 0.191 e. The third kappa shape index (κ3) is 12.1. The Balaban J connectivity index is 0.00000576. The summed E-state index contributed by atoms with van der Waals surface area (Å²) in [5.41, 5.74) is 0.579. The van der Waals surface area contributed by atoms with E-state index < -0.39 is 0 Å². The molecule has 7 heteroatoms. The monoisotopic (exact) mass is 467 g/mol. The quantitative estimate of drug-likeness (QED) is 0.214. The van der Waals surface area contributed by atoms with Gasteiger partial charge in [0.15, 0.2) is 5.96 Å². The number of unbranched alkanes of at least 4 members (excludes halogenated alkanes) is 1. The highest BCUT2D eigenvalue weighted by Gasteiger charge is 2.01. The number of rotatable bonds is 12. The number of nitrogens with zero attached hydrogens (tertiary/aromatic N) is 1. The van der Waals surface area contributed by atoms with Crippen LogP contribution in [-0.4, -0.2) is 45.5 Å². The maximum atomic E-state index is 13.6. The molecule has 144 valence electrons. The van der Waals surface area contributed by atoms with Crippen LogP contribution in [-0.2, 0) is 16.0 Å². The molecule has 0 unspecified atom stereocenters. The second-order valence-electron chi connectivity index (χ2n) is 5.29. The molecule has 0 heterocycles. The summed E-state index contributed by atoms with van der Waals surface area (Å²) in [5.74, 6) is 0.423. The van der Waals surface area contributed by atoms with Crippen LogP contribution in [0, 0.1) is 5.82 Å². The molecule has 1 rings (SSSR count). The summed E-state index contributed by atoms with van der Waals surface area (Å²) in [6.07, 6.45) is 2.23. The SMILES string of the molecule is CCCCOCCOCCNC(=NCc1ccccc1F)NCC.I. The van der Waals surface area contributed by atoms with Crippen molar-refractivity contribution in [2.24, 2.45) is 4.99 Å². The van der Waals surface area contributed by atoms with Crippen molar-refractivity contribution in [2.45, 2.75) is 33.2 Å². The zero-order chi connectivity index (χ0) is 17.5. The predicted octanol–water partition coefficient (Wildman–Crippen LogP) is 3.33. The molecule has 1 aromatic carbocycles. The molecule has 0 saturated carbocycles. The van der Waals surface area contributed by atoms with Gasteiger partial charge in [-0.3, -0.25) is 0 Å². The number of nitrogens with one attached hydrogen (secondary N) is 2. The number of ether oxygens (including phenoxy) is 2. The molecule has 0 fully saturated rings. The van der Waals surface area contributed by atoms with Gasteiger partial charge < -0.3 is 20.1 Å². The van der Waals surface area contributed by atoms with Crippen LogP contribution < -0.4 is 10.6 Å².